The Morgan fingerprint density at radius 3 is 2.43 bits per heavy atom. The molecular formula is C16H18FNO3. The van der Waals surface area contributed by atoms with E-state index in [1.807, 2.05) is 0 Å². The van der Waals surface area contributed by atoms with Gasteiger partial charge in [-0.15, -0.1) is 0 Å². The summed E-state index contributed by atoms with van der Waals surface area (Å²) >= 11 is 0. The van der Waals surface area contributed by atoms with Gasteiger partial charge in [0.25, 0.3) is 0 Å². The van der Waals surface area contributed by atoms with Gasteiger partial charge in [-0.3, -0.25) is 4.79 Å². The number of carbonyl (C=O) groups excluding carboxylic acids is 1. The molecule has 1 aromatic rings. The Bertz CT molecular complexity index is 582. The van der Waals surface area contributed by atoms with Crippen LogP contribution in [0.1, 0.15) is 37.7 Å². The fraction of sp³-hybridized carbons (Fsp3) is 0.500. The summed E-state index contributed by atoms with van der Waals surface area (Å²) in [6, 6.07) is 6.14. The van der Waals surface area contributed by atoms with E-state index in [0.29, 0.717) is 6.42 Å². The van der Waals surface area contributed by atoms with Crippen molar-refractivity contribution in [3.05, 3.63) is 35.6 Å². The van der Waals surface area contributed by atoms with Gasteiger partial charge in [0.1, 0.15) is 11.4 Å². The van der Waals surface area contributed by atoms with Crippen LogP contribution >= 0.6 is 0 Å². The number of aliphatic carboxylic acids is 1. The zero-order valence-electron chi connectivity index (χ0n) is 11.8. The standard InChI is InChI=1S/C16H18FNO3/c1-16(15(20)21,10-4-5-10)18-14(19)13-8-12(13)9-2-6-11(17)7-3-9/h2-3,6-7,10,12-13H,4-5,8H2,1H3,(H,18,19)(H,20,21)/t12-,13+,16+/m0/s1. The predicted octanol–water partition coefficient (Wildman–Crippen LogP) is 2.30. The fourth-order valence-electron chi connectivity index (χ4n) is 2.90. The maximum atomic E-state index is 12.9. The zero-order chi connectivity index (χ0) is 15.2. The second-order valence-electron chi connectivity index (χ2n) is 6.27. The minimum absolute atomic E-state index is 0.0296. The smallest absolute Gasteiger partial charge is 0.329 e. The van der Waals surface area contributed by atoms with Crippen molar-refractivity contribution in [3.63, 3.8) is 0 Å². The lowest BCUT2D eigenvalue weighted by Gasteiger charge is -2.26. The van der Waals surface area contributed by atoms with Gasteiger partial charge < -0.3 is 10.4 Å². The Labute approximate surface area is 122 Å². The highest BCUT2D eigenvalue weighted by atomic mass is 19.1. The largest absolute Gasteiger partial charge is 0.480 e. The summed E-state index contributed by atoms with van der Waals surface area (Å²) in [7, 11) is 0. The van der Waals surface area contributed by atoms with Gasteiger partial charge in [0.2, 0.25) is 5.91 Å². The molecule has 4 nitrogen and oxygen atoms in total. The van der Waals surface area contributed by atoms with Crippen LogP contribution in [-0.2, 0) is 9.59 Å². The molecule has 0 bridgehead atoms. The summed E-state index contributed by atoms with van der Waals surface area (Å²) in [5.41, 5.74) is -0.229. The Morgan fingerprint density at radius 2 is 1.90 bits per heavy atom. The molecule has 1 aromatic carbocycles. The predicted molar refractivity (Wildman–Crippen MR) is 74.2 cm³/mol. The average molecular weight is 291 g/mol. The third kappa shape index (κ3) is 2.64. The highest BCUT2D eigenvalue weighted by molar-refractivity contribution is 5.90. The number of carboxylic acids is 1. The lowest BCUT2D eigenvalue weighted by atomic mass is 9.95. The molecule has 2 aliphatic carbocycles. The van der Waals surface area contributed by atoms with E-state index in [1.165, 1.54) is 12.1 Å². The molecule has 112 valence electrons. The zero-order valence-corrected chi connectivity index (χ0v) is 11.8. The number of carbonyl (C=O) groups is 2. The second-order valence-corrected chi connectivity index (χ2v) is 6.27. The lowest BCUT2D eigenvalue weighted by Crippen LogP contribution is -2.54. The number of amides is 1. The van der Waals surface area contributed by atoms with Crippen LogP contribution < -0.4 is 5.32 Å². The van der Waals surface area contributed by atoms with Gasteiger partial charge in [-0.2, -0.15) is 0 Å². The van der Waals surface area contributed by atoms with Crippen molar-refractivity contribution in [3.8, 4) is 0 Å². The third-order valence-electron chi connectivity index (χ3n) is 4.65. The highest BCUT2D eigenvalue weighted by Gasteiger charge is 2.52. The summed E-state index contributed by atoms with van der Waals surface area (Å²) < 4.78 is 12.9. The van der Waals surface area contributed by atoms with Crippen LogP contribution in [0.5, 0.6) is 0 Å². The van der Waals surface area contributed by atoms with Gasteiger partial charge in [0, 0.05) is 5.92 Å². The summed E-state index contributed by atoms with van der Waals surface area (Å²) in [6.07, 6.45) is 2.38. The van der Waals surface area contributed by atoms with Crippen LogP contribution in [0.2, 0.25) is 0 Å². The van der Waals surface area contributed by atoms with Crippen LogP contribution in [0.4, 0.5) is 4.39 Å². The first-order chi connectivity index (χ1) is 9.91. The van der Waals surface area contributed by atoms with E-state index in [1.54, 1.807) is 19.1 Å². The number of carboxylic acid groups (broad SMARTS) is 1. The number of hydrogen-bond donors (Lipinski definition) is 2. The SMILES string of the molecule is C[C@](NC(=O)[C@@H]1C[C@H]1c1ccc(F)cc1)(C(=O)O)C1CC1. The van der Waals surface area contributed by atoms with Crippen LogP contribution in [0.25, 0.3) is 0 Å². The number of nitrogens with one attached hydrogen (secondary N) is 1. The van der Waals surface area contributed by atoms with E-state index in [-0.39, 0.29) is 29.5 Å². The first-order valence-electron chi connectivity index (χ1n) is 7.22. The molecular weight excluding hydrogens is 273 g/mol. The summed E-state index contributed by atoms with van der Waals surface area (Å²) in [6.45, 7) is 1.58. The van der Waals surface area contributed by atoms with Crippen molar-refractivity contribution in [2.24, 2.45) is 11.8 Å². The topological polar surface area (TPSA) is 66.4 Å². The van der Waals surface area contributed by atoms with Crippen LogP contribution in [0.15, 0.2) is 24.3 Å². The summed E-state index contributed by atoms with van der Waals surface area (Å²) in [5.74, 6) is -1.58. The maximum absolute atomic E-state index is 12.9. The van der Waals surface area contributed by atoms with E-state index < -0.39 is 11.5 Å². The summed E-state index contributed by atoms with van der Waals surface area (Å²) in [5, 5.41) is 12.1. The minimum atomic E-state index is -1.16. The van der Waals surface area contributed by atoms with E-state index in [9.17, 15) is 19.1 Å². The minimum Gasteiger partial charge on any atom is -0.480 e. The van der Waals surface area contributed by atoms with Gasteiger partial charge in [0.15, 0.2) is 0 Å². The van der Waals surface area contributed by atoms with Crippen molar-refractivity contribution in [1.29, 1.82) is 0 Å². The van der Waals surface area contributed by atoms with Crippen molar-refractivity contribution >= 4 is 11.9 Å². The molecule has 0 radical (unpaired) electrons. The Morgan fingerprint density at radius 1 is 1.29 bits per heavy atom. The van der Waals surface area contributed by atoms with E-state index in [4.69, 9.17) is 0 Å². The molecule has 0 saturated heterocycles. The molecule has 3 atom stereocenters. The van der Waals surface area contributed by atoms with Crippen molar-refractivity contribution in [1.82, 2.24) is 5.32 Å². The molecule has 2 aliphatic rings. The van der Waals surface area contributed by atoms with Crippen molar-refractivity contribution in [2.75, 3.05) is 0 Å². The first kappa shape index (κ1) is 14.0. The number of hydrogen-bond acceptors (Lipinski definition) is 2. The van der Waals surface area contributed by atoms with Gasteiger partial charge in [0.05, 0.1) is 0 Å². The quantitative estimate of drug-likeness (QED) is 0.874. The molecule has 2 N–H and O–H groups in total. The molecule has 1 amide bonds. The number of benzene rings is 1. The van der Waals surface area contributed by atoms with Gasteiger partial charge in [-0.05, 0) is 55.7 Å². The maximum Gasteiger partial charge on any atom is 0.329 e. The van der Waals surface area contributed by atoms with Crippen LogP contribution in [0, 0.1) is 17.7 Å². The summed E-state index contributed by atoms with van der Waals surface area (Å²) in [4.78, 5) is 23.7. The Kier molecular flexibility index (Phi) is 3.23. The lowest BCUT2D eigenvalue weighted by molar-refractivity contribution is -0.148. The fourth-order valence-corrected chi connectivity index (χ4v) is 2.90. The highest BCUT2D eigenvalue weighted by Crippen LogP contribution is 2.48. The monoisotopic (exact) mass is 291 g/mol. The van der Waals surface area contributed by atoms with Crippen LogP contribution in [0.3, 0.4) is 0 Å². The molecule has 0 aliphatic heterocycles. The van der Waals surface area contributed by atoms with Crippen molar-refractivity contribution < 1.29 is 19.1 Å². The molecule has 0 aromatic heterocycles. The molecule has 2 fully saturated rings. The average Bonchev–Trinajstić information content (AvgIpc) is 3.30. The molecule has 5 heteroatoms. The molecule has 2 saturated carbocycles. The van der Waals surface area contributed by atoms with Gasteiger partial charge >= 0.3 is 5.97 Å². The van der Waals surface area contributed by atoms with E-state index in [2.05, 4.69) is 5.32 Å². The normalized spacial score (nSPS) is 26.8. The first-order valence-corrected chi connectivity index (χ1v) is 7.22. The van der Waals surface area contributed by atoms with Crippen LogP contribution in [-0.4, -0.2) is 22.5 Å². The Balaban J connectivity index is 1.65. The van der Waals surface area contributed by atoms with Gasteiger partial charge in [-0.25, -0.2) is 9.18 Å². The molecule has 0 heterocycles. The van der Waals surface area contributed by atoms with E-state index in [0.717, 1.165) is 18.4 Å². The second kappa shape index (κ2) is 4.83. The molecule has 3 rings (SSSR count). The third-order valence-corrected chi connectivity index (χ3v) is 4.65. The molecule has 21 heavy (non-hydrogen) atoms. The van der Waals surface area contributed by atoms with Crippen molar-refractivity contribution in [2.45, 2.75) is 37.6 Å². The Hall–Kier alpha value is -1.91. The van der Waals surface area contributed by atoms with E-state index >= 15 is 0 Å². The molecule has 0 spiro atoms. The molecule has 0 unspecified atom stereocenters. The number of rotatable bonds is 5. The van der Waals surface area contributed by atoms with Gasteiger partial charge in [-0.1, -0.05) is 12.1 Å². The number of halogens is 1.